The molecule has 0 atom stereocenters. The Balaban J connectivity index is 1.78. The van der Waals surface area contributed by atoms with Gasteiger partial charge in [0.15, 0.2) is 0 Å². The maximum Gasteiger partial charge on any atom is 0.416 e. The Bertz CT molecular complexity index is 868. The summed E-state index contributed by atoms with van der Waals surface area (Å²) in [4.78, 5) is 16.7. The van der Waals surface area contributed by atoms with E-state index in [-0.39, 0.29) is 11.8 Å². The summed E-state index contributed by atoms with van der Waals surface area (Å²) in [6.45, 7) is 3.45. The maximum atomic E-state index is 13.0. The quantitative estimate of drug-likeness (QED) is 0.714. The summed E-state index contributed by atoms with van der Waals surface area (Å²) >= 11 is 0. The largest absolute Gasteiger partial charge is 0.416 e. The zero-order chi connectivity index (χ0) is 22.1. The van der Waals surface area contributed by atoms with Crippen molar-refractivity contribution in [3.8, 4) is 0 Å². The Hall–Kier alpha value is -2.75. The number of hydrogen-bond acceptors (Lipinski definition) is 3. The second-order valence-electron chi connectivity index (χ2n) is 7.09. The minimum atomic E-state index is -5.01. The molecule has 1 aliphatic heterocycles. The fourth-order valence-corrected chi connectivity index (χ4v) is 3.11. The van der Waals surface area contributed by atoms with E-state index in [1.165, 1.54) is 0 Å². The Morgan fingerprint density at radius 1 is 0.833 bits per heavy atom. The van der Waals surface area contributed by atoms with Crippen LogP contribution in [-0.4, -0.2) is 44.0 Å². The third kappa shape index (κ3) is 5.24. The molecule has 10 heteroatoms. The van der Waals surface area contributed by atoms with Crippen LogP contribution in [0.1, 0.15) is 21.5 Å². The van der Waals surface area contributed by atoms with Gasteiger partial charge in [0.05, 0.1) is 11.1 Å². The van der Waals surface area contributed by atoms with Crippen LogP contribution < -0.4 is 10.2 Å². The van der Waals surface area contributed by atoms with Gasteiger partial charge in [0.1, 0.15) is 0 Å². The number of likely N-dealkylation sites (N-methyl/N-ethyl adjacent to an activating group) is 1. The van der Waals surface area contributed by atoms with Crippen molar-refractivity contribution in [2.45, 2.75) is 12.4 Å². The number of anilines is 2. The number of benzene rings is 2. The number of alkyl halides is 6. The molecule has 1 amide bonds. The second kappa shape index (κ2) is 8.17. The van der Waals surface area contributed by atoms with E-state index in [1.807, 2.05) is 7.05 Å². The minimum Gasteiger partial charge on any atom is -0.369 e. The molecule has 2 aromatic rings. The Morgan fingerprint density at radius 3 is 1.80 bits per heavy atom. The molecule has 0 spiro atoms. The normalized spacial score (nSPS) is 15.9. The molecule has 1 N–H and O–H groups in total. The number of amides is 1. The Morgan fingerprint density at radius 2 is 1.33 bits per heavy atom. The molecule has 30 heavy (non-hydrogen) atoms. The van der Waals surface area contributed by atoms with Crippen molar-refractivity contribution in [2.75, 3.05) is 43.4 Å². The number of piperazine rings is 1. The van der Waals surface area contributed by atoms with Gasteiger partial charge < -0.3 is 15.1 Å². The van der Waals surface area contributed by atoms with E-state index in [4.69, 9.17) is 0 Å². The predicted octanol–water partition coefficient (Wildman–Crippen LogP) is 4.73. The second-order valence-corrected chi connectivity index (χ2v) is 7.09. The lowest BCUT2D eigenvalue weighted by Crippen LogP contribution is -2.44. The number of carbonyl (C=O) groups is 1. The lowest BCUT2D eigenvalue weighted by molar-refractivity contribution is -0.143. The van der Waals surface area contributed by atoms with E-state index in [0.29, 0.717) is 12.1 Å². The molecule has 0 aliphatic carbocycles. The van der Waals surface area contributed by atoms with Crippen LogP contribution in [0.5, 0.6) is 0 Å². The van der Waals surface area contributed by atoms with Gasteiger partial charge in [-0.05, 0) is 49.5 Å². The molecule has 3 rings (SSSR count). The predicted molar refractivity (Wildman–Crippen MR) is 101 cm³/mol. The number of carbonyl (C=O) groups excluding carboxylic acids is 1. The van der Waals surface area contributed by atoms with Crippen molar-refractivity contribution in [1.29, 1.82) is 0 Å². The molecule has 0 bridgehead atoms. The van der Waals surface area contributed by atoms with Crippen LogP contribution in [0, 0.1) is 0 Å². The number of nitrogens with one attached hydrogen (secondary N) is 1. The van der Waals surface area contributed by atoms with Gasteiger partial charge in [0.25, 0.3) is 5.91 Å². The molecule has 1 aliphatic rings. The number of hydrogen-bond donors (Lipinski definition) is 1. The van der Waals surface area contributed by atoms with Crippen molar-refractivity contribution < 1.29 is 31.1 Å². The SMILES string of the molecule is CN1CCN(c2ccc(NC(=O)c3cc(C(F)(F)F)cc(C(F)(F)F)c3)cc2)CC1. The zero-order valence-corrected chi connectivity index (χ0v) is 15.9. The van der Waals surface area contributed by atoms with Crippen LogP contribution in [0.3, 0.4) is 0 Å². The average Bonchev–Trinajstić information content (AvgIpc) is 2.67. The summed E-state index contributed by atoms with van der Waals surface area (Å²) in [5.41, 5.74) is -2.61. The van der Waals surface area contributed by atoms with Gasteiger partial charge in [-0.3, -0.25) is 4.79 Å². The van der Waals surface area contributed by atoms with Gasteiger partial charge in [-0.15, -0.1) is 0 Å². The van der Waals surface area contributed by atoms with Gasteiger partial charge in [-0.2, -0.15) is 26.3 Å². The molecule has 0 aromatic heterocycles. The van der Waals surface area contributed by atoms with Gasteiger partial charge >= 0.3 is 12.4 Å². The third-order valence-electron chi connectivity index (χ3n) is 4.84. The molecule has 0 radical (unpaired) electrons. The van der Waals surface area contributed by atoms with Crippen LogP contribution in [0.15, 0.2) is 42.5 Å². The smallest absolute Gasteiger partial charge is 0.369 e. The molecule has 0 unspecified atom stereocenters. The third-order valence-corrected chi connectivity index (χ3v) is 4.84. The van der Waals surface area contributed by atoms with Crippen LogP contribution in [-0.2, 0) is 12.4 Å². The highest BCUT2D eigenvalue weighted by Crippen LogP contribution is 2.36. The van der Waals surface area contributed by atoms with E-state index in [1.54, 1.807) is 24.3 Å². The molecular formula is C20H19F6N3O. The average molecular weight is 431 g/mol. The topological polar surface area (TPSA) is 35.6 Å². The van der Waals surface area contributed by atoms with Crippen molar-refractivity contribution >= 4 is 17.3 Å². The Kier molecular flexibility index (Phi) is 5.98. The molecular weight excluding hydrogens is 412 g/mol. The van der Waals surface area contributed by atoms with E-state index >= 15 is 0 Å². The van der Waals surface area contributed by atoms with Crippen LogP contribution in [0.2, 0.25) is 0 Å². The van der Waals surface area contributed by atoms with Gasteiger partial charge in [-0.25, -0.2) is 0 Å². The fraction of sp³-hybridized carbons (Fsp3) is 0.350. The summed E-state index contributed by atoms with van der Waals surface area (Å²) in [5, 5.41) is 2.35. The maximum absolute atomic E-state index is 13.0. The van der Waals surface area contributed by atoms with Gasteiger partial charge in [-0.1, -0.05) is 0 Å². The van der Waals surface area contributed by atoms with E-state index in [0.717, 1.165) is 31.9 Å². The van der Waals surface area contributed by atoms with Crippen molar-refractivity contribution in [3.05, 3.63) is 59.2 Å². The summed E-state index contributed by atoms with van der Waals surface area (Å²) in [6, 6.07) is 7.41. The first-order valence-corrected chi connectivity index (χ1v) is 9.08. The first kappa shape index (κ1) is 21.9. The molecule has 1 saturated heterocycles. The van der Waals surface area contributed by atoms with Crippen molar-refractivity contribution in [3.63, 3.8) is 0 Å². The van der Waals surface area contributed by atoms with E-state index in [9.17, 15) is 31.1 Å². The Labute approximate surface area is 169 Å². The van der Waals surface area contributed by atoms with Crippen LogP contribution >= 0.6 is 0 Å². The van der Waals surface area contributed by atoms with E-state index in [2.05, 4.69) is 15.1 Å². The standard InChI is InChI=1S/C20H19F6N3O/c1-28-6-8-29(9-7-28)17-4-2-16(3-5-17)27-18(30)13-10-14(19(21,22)23)12-15(11-13)20(24,25)26/h2-5,10-12H,6-9H2,1H3,(H,27,30). The lowest BCUT2D eigenvalue weighted by atomic mass is 10.0. The molecule has 1 fully saturated rings. The number of halogens is 6. The molecule has 2 aromatic carbocycles. The highest BCUT2D eigenvalue weighted by atomic mass is 19.4. The lowest BCUT2D eigenvalue weighted by Gasteiger charge is -2.34. The highest BCUT2D eigenvalue weighted by molar-refractivity contribution is 6.04. The molecule has 162 valence electrons. The first-order valence-electron chi connectivity index (χ1n) is 9.08. The van der Waals surface area contributed by atoms with Gasteiger partial charge in [0, 0.05) is 43.1 Å². The van der Waals surface area contributed by atoms with Crippen molar-refractivity contribution in [2.24, 2.45) is 0 Å². The summed E-state index contributed by atoms with van der Waals surface area (Å²) in [7, 11) is 2.02. The van der Waals surface area contributed by atoms with E-state index < -0.39 is 35.0 Å². The number of rotatable bonds is 3. The summed E-state index contributed by atoms with van der Waals surface area (Å²) in [6.07, 6.45) is -10.0. The minimum absolute atomic E-state index is 0.0123. The summed E-state index contributed by atoms with van der Waals surface area (Å²) in [5.74, 6) is -1.06. The molecule has 1 heterocycles. The van der Waals surface area contributed by atoms with Gasteiger partial charge in [0.2, 0.25) is 0 Å². The first-order chi connectivity index (χ1) is 13.9. The highest BCUT2D eigenvalue weighted by Gasteiger charge is 2.37. The van der Waals surface area contributed by atoms with Crippen molar-refractivity contribution in [1.82, 2.24) is 4.90 Å². The zero-order valence-electron chi connectivity index (χ0n) is 15.9. The van der Waals surface area contributed by atoms with Crippen LogP contribution in [0.25, 0.3) is 0 Å². The summed E-state index contributed by atoms with van der Waals surface area (Å²) < 4.78 is 77.8. The molecule has 4 nitrogen and oxygen atoms in total. The molecule has 0 saturated carbocycles. The number of nitrogens with zero attached hydrogens (tertiary/aromatic N) is 2. The monoisotopic (exact) mass is 431 g/mol. The van der Waals surface area contributed by atoms with Crippen LogP contribution in [0.4, 0.5) is 37.7 Å². The fourth-order valence-electron chi connectivity index (χ4n) is 3.11.